The number of pyridine rings is 1. The van der Waals surface area contributed by atoms with Gasteiger partial charge >= 0.3 is 0 Å². The Morgan fingerprint density at radius 2 is 2.08 bits per heavy atom. The van der Waals surface area contributed by atoms with Gasteiger partial charge in [-0.15, -0.1) is 11.3 Å². The number of nitrogens with zero attached hydrogens (tertiary/aromatic N) is 1. The number of amides is 1. The fourth-order valence-corrected chi connectivity index (χ4v) is 5.05. The number of aromatic nitrogens is 2. The van der Waals surface area contributed by atoms with Crippen molar-refractivity contribution >= 4 is 39.9 Å². The number of anilines is 1. The number of hydrogen-bond donors (Lipinski definition) is 5. The number of nitrogens with two attached hydrogens (primary N) is 1. The van der Waals surface area contributed by atoms with Crippen LogP contribution in [0, 0.1) is 16.5 Å². The molecule has 0 fully saturated rings. The summed E-state index contributed by atoms with van der Waals surface area (Å²) in [5.41, 5.74) is 13.5. The van der Waals surface area contributed by atoms with Crippen LogP contribution in [0.2, 0.25) is 0 Å². The Balaban J connectivity index is 1.72. The number of nitrogen functional groups attached to an aromatic ring is 1. The molecule has 0 unspecified atom stereocenters. The predicted octanol–water partition coefficient (Wildman–Crippen LogP) is 6.29. The van der Waals surface area contributed by atoms with Crippen LogP contribution >= 0.6 is 11.3 Å². The SMILES string of the molecule is C=CN/C=C(\C=C(/C)NC(=O)C(C)C)c1cnc(N)c(C(=N)c2cc3c([nH]2)CC(C)=CC=C3c2ccc(F)s2)c1. The van der Waals surface area contributed by atoms with Gasteiger partial charge in [0.25, 0.3) is 0 Å². The van der Waals surface area contributed by atoms with E-state index in [9.17, 15) is 9.18 Å². The molecular formula is C31H33FN6OS. The van der Waals surface area contributed by atoms with E-state index < -0.39 is 0 Å². The number of halogens is 1. The molecule has 1 aliphatic rings. The second-order valence-electron chi connectivity index (χ2n) is 9.92. The molecule has 1 aliphatic carbocycles. The first kappa shape index (κ1) is 28.5. The molecule has 40 heavy (non-hydrogen) atoms. The minimum atomic E-state index is -0.246. The second kappa shape index (κ2) is 12.1. The van der Waals surface area contributed by atoms with Crippen molar-refractivity contribution < 1.29 is 9.18 Å². The lowest BCUT2D eigenvalue weighted by molar-refractivity contribution is -0.123. The highest BCUT2D eigenvalue weighted by molar-refractivity contribution is 7.11. The number of carbonyl (C=O) groups excluding carboxylic acids is 1. The van der Waals surface area contributed by atoms with Crippen LogP contribution in [0.4, 0.5) is 10.2 Å². The molecule has 3 heterocycles. The summed E-state index contributed by atoms with van der Waals surface area (Å²) < 4.78 is 13.9. The number of thiophene rings is 1. The molecule has 0 atom stereocenters. The monoisotopic (exact) mass is 556 g/mol. The van der Waals surface area contributed by atoms with Crippen molar-refractivity contribution in [2.24, 2.45) is 5.92 Å². The van der Waals surface area contributed by atoms with E-state index in [1.165, 1.54) is 12.3 Å². The third kappa shape index (κ3) is 6.38. The van der Waals surface area contributed by atoms with Crippen LogP contribution < -0.4 is 16.4 Å². The molecule has 0 radical (unpaired) electrons. The van der Waals surface area contributed by atoms with Crippen molar-refractivity contribution in [1.82, 2.24) is 20.6 Å². The van der Waals surface area contributed by atoms with Crippen molar-refractivity contribution in [3.8, 4) is 0 Å². The van der Waals surface area contributed by atoms with Crippen LogP contribution in [0.5, 0.6) is 0 Å². The summed E-state index contributed by atoms with van der Waals surface area (Å²) in [5.74, 6) is -0.0229. The summed E-state index contributed by atoms with van der Waals surface area (Å²) in [6.45, 7) is 11.2. The maximum absolute atomic E-state index is 13.9. The van der Waals surface area contributed by atoms with E-state index in [1.807, 2.05) is 52.0 Å². The highest BCUT2D eigenvalue weighted by atomic mass is 32.1. The normalized spacial score (nSPS) is 13.8. The van der Waals surface area contributed by atoms with Gasteiger partial charge in [0.05, 0.1) is 11.4 Å². The number of hydrogen-bond acceptors (Lipinski definition) is 6. The molecule has 0 saturated heterocycles. The number of rotatable bonds is 9. The van der Waals surface area contributed by atoms with Crippen LogP contribution in [-0.2, 0) is 11.2 Å². The van der Waals surface area contributed by atoms with Crippen LogP contribution in [0.3, 0.4) is 0 Å². The highest BCUT2D eigenvalue weighted by Crippen LogP contribution is 2.35. The van der Waals surface area contributed by atoms with Crippen LogP contribution in [0.25, 0.3) is 11.1 Å². The Hall–Kier alpha value is -4.50. The summed E-state index contributed by atoms with van der Waals surface area (Å²) in [4.78, 5) is 20.8. The van der Waals surface area contributed by atoms with Crippen LogP contribution in [0.1, 0.15) is 60.7 Å². The second-order valence-corrected chi connectivity index (χ2v) is 11.0. The van der Waals surface area contributed by atoms with Gasteiger partial charge in [-0.25, -0.2) is 4.98 Å². The largest absolute Gasteiger partial charge is 0.383 e. The summed E-state index contributed by atoms with van der Waals surface area (Å²) >= 11 is 1.09. The lowest BCUT2D eigenvalue weighted by atomic mass is 10.00. The van der Waals surface area contributed by atoms with Gasteiger partial charge in [0.2, 0.25) is 5.91 Å². The van der Waals surface area contributed by atoms with Gasteiger partial charge in [0.15, 0.2) is 5.13 Å². The van der Waals surface area contributed by atoms with Crippen molar-refractivity contribution in [3.63, 3.8) is 0 Å². The van der Waals surface area contributed by atoms with Crippen LogP contribution in [0.15, 0.2) is 78.9 Å². The van der Waals surface area contributed by atoms with Crippen molar-refractivity contribution in [3.05, 3.63) is 117 Å². The van der Waals surface area contributed by atoms with E-state index >= 15 is 0 Å². The van der Waals surface area contributed by atoms with E-state index in [0.29, 0.717) is 28.9 Å². The minimum Gasteiger partial charge on any atom is -0.383 e. The van der Waals surface area contributed by atoms with Gasteiger partial charge in [-0.2, -0.15) is 4.39 Å². The maximum Gasteiger partial charge on any atom is 0.226 e. The Morgan fingerprint density at radius 1 is 1.30 bits per heavy atom. The molecule has 0 spiro atoms. The van der Waals surface area contributed by atoms with E-state index in [0.717, 1.165) is 44.2 Å². The molecule has 0 aromatic carbocycles. The Labute approximate surface area is 237 Å². The lowest BCUT2D eigenvalue weighted by Crippen LogP contribution is -2.26. The molecule has 4 rings (SSSR count). The quantitative estimate of drug-likeness (QED) is 0.157. The molecule has 3 aromatic rings. The minimum absolute atomic E-state index is 0.0852. The third-order valence-electron chi connectivity index (χ3n) is 6.38. The third-order valence-corrected chi connectivity index (χ3v) is 7.29. The van der Waals surface area contributed by atoms with Gasteiger partial charge in [0.1, 0.15) is 5.82 Å². The van der Waals surface area contributed by atoms with Crippen molar-refractivity contribution in [2.75, 3.05) is 5.73 Å². The highest BCUT2D eigenvalue weighted by Gasteiger charge is 2.21. The molecular weight excluding hydrogens is 523 g/mol. The Bertz CT molecular complexity index is 1600. The zero-order valence-electron chi connectivity index (χ0n) is 23.0. The molecule has 3 aromatic heterocycles. The molecule has 206 valence electrons. The zero-order chi connectivity index (χ0) is 29.0. The molecule has 0 saturated carbocycles. The maximum atomic E-state index is 13.9. The molecule has 6 N–H and O–H groups in total. The fourth-order valence-electron chi connectivity index (χ4n) is 4.28. The lowest BCUT2D eigenvalue weighted by Gasteiger charge is -2.12. The topological polar surface area (TPSA) is 120 Å². The first-order valence-electron chi connectivity index (χ1n) is 12.8. The predicted molar refractivity (Wildman–Crippen MR) is 162 cm³/mol. The summed E-state index contributed by atoms with van der Waals surface area (Å²) in [5, 5.41) is 14.7. The number of allylic oxidation sites excluding steroid dienone is 6. The molecule has 0 aliphatic heterocycles. The van der Waals surface area contributed by atoms with E-state index in [4.69, 9.17) is 11.1 Å². The smallest absolute Gasteiger partial charge is 0.226 e. The molecule has 7 nitrogen and oxygen atoms in total. The average molecular weight is 557 g/mol. The van der Waals surface area contributed by atoms with Crippen molar-refractivity contribution in [2.45, 2.75) is 34.1 Å². The van der Waals surface area contributed by atoms with E-state index in [-0.39, 0.29) is 28.5 Å². The number of aromatic amines is 1. The van der Waals surface area contributed by atoms with Crippen LogP contribution in [-0.4, -0.2) is 21.6 Å². The number of carbonyl (C=O) groups is 1. The first-order valence-corrected chi connectivity index (χ1v) is 13.7. The summed E-state index contributed by atoms with van der Waals surface area (Å²) in [6.07, 6.45) is 11.4. The summed E-state index contributed by atoms with van der Waals surface area (Å²) in [7, 11) is 0. The Morgan fingerprint density at radius 3 is 2.75 bits per heavy atom. The van der Waals surface area contributed by atoms with Crippen molar-refractivity contribution in [1.29, 1.82) is 5.41 Å². The van der Waals surface area contributed by atoms with Gasteiger partial charge in [0, 0.05) is 68.8 Å². The molecule has 9 heteroatoms. The summed E-state index contributed by atoms with van der Waals surface area (Å²) in [6, 6.07) is 6.96. The first-order chi connectivity index (χ1) is 19.1. The van der Waals surface area contributed by atoms with E-state index in [2.05, 4.69) is 27.2 Å². The van der Waals surface area contributed by atoms with Gasteiger partial charge in [-0.05, 0) is 50.4 Å². The molecule has 1 amide bonds. The number of fused-ring (bicyclic) bond motifs is 1. The standard InChI is InChI=1S/C31H33FN6OS/c1-6-35-15-20(12-19(5)37-31(39)17(2)3)21-13-24(30(34)36-16-21)29(33)26-14-23-22(27-9-10-28(32)40-27)8-7-18(4)11-25(23)38-26/h6-10,12-17,33,35,38H,1,11H2,2-5H3,(H2,34,36)(H,37,39)/b19-12+,20-15+,33-29?. The number of H-pyrrole nitrogens is 1. The Kier molecular flexibility index (Phi) is 8.64. The fraction of sp³-hybridized carbons (Fsp3) is 0.194. The van der Waals surface area contributed by atoms with E-state index in [1.54, 1.807) is 24.5 Å². The zero-order valence-corrected chi connectivity index (χ0v) is 23.8. The van der Waals surface area contributed by atoms with Gasteiger partial charge in [-0.3, -0.25) is 10.2 Å². The number of nitrogens with one attached hydrogen (secondary N) is 4. The van der Waals surface area contributed by atoms with Gasteiger partial charge in [-0.1, -0.05) is 38.2 Å². The van der Waals surface area contributed by atoms with Gasteiger partial charge < -0.3 is 21.4 Å². The average Bonchev–Trinajstić information content (AvgIpc) is 3.49. The molecule has 0 bridgehead atoms.